The average Bonchev–Trinajstić information content (AvgIpc) is 3.34. The Hall–Kier alpha value is -1.44. The van der Waals surface area contributed by atoms with E-state index < -0.39 is 0 Å². The Morgan fingerprint density at radius 2 is 2.24 bits per heavy atom. The number of carbonyl (C=O) groups excluding carboxylic acids is 1. The Labute approximate surface area is 149 Å². The van der Waals surface area contributed by atoms with Gasteiger partial charge in [-0.25, -0.2) is 0 Å². The number of hydrogen-bond donors (Lipinski definition) is 1. The zero-order chi connectivity index (χ0) is 17.5. The molecule has 0 unspecified atom stereocenters. The van der Waals surface area contributed by atoms with Crippen molar-refractivity contribution in [2.45, 2.75) is 31.8 Å². The highest BCUT2D eigenvalue weighted by molar-refractivity contribution is 5.93. The van der Waals surface area contributed by atoms with Crippen LogP contribution in [0.3, 0.4) is 0 Å². The number of aromatic amines is 1. The van der Waals surface area contributed by atoms with Gasteiger partial charge < -0.3 is 19.3 Å². The number of rotatable bonds is 8. The minimum absolute atomic E-state index is 0.0612. The van der Waals surface area contributed by atoms with Crippen LogP contribution in [0.5, 0.6) is 0 Å². The van der Waals surface area contributed by atoms with Crippen LogP contribution in [-0.4, -0.2) is 85.1 Å². The van der Waals surface area contributed by atoms with E-state index in [0.717, 1.165) is 65.1 Å². The fourth-order valence-corrected chi connectivity index (χ4v) is 3.75. The molecule has 1 atom stereocenters. The molecule has 0 saturated carbocycles. The summed E-state index contributed by atoms with van der Waals surface area (Å²) in [7, 11) is 1.75. The van der Waals surface area contributed by atoms with Gasteiger partial charge in [-0.1, -0.05) is 0 Å². The van der Waals surface area contributed by atoms with Crippen molar-refractivity contribution in [3.05, 3.63) is 18.0 Å². The van der Waals surface area contributed by atoms with Crippen LogP contribution in [0.1, 0.15) is 36.0 Å². The topological polar surface area (TPSA) is 70.7 Å². The summed E-state index contributed by atoms with van der Waals surface area (Å²) < 4.78 is 10.9. The summed E-state index contributed by atoms with van der Waals surface area (Å²) in [5, 5.41) is 6.66. The minimum Gasteiger partial charge on any atom is -0.383 e. The van der Waals surface area contributed by atoms with Crippen molar-refractivity contribution < 1.29 is 14.3 Å². The Bertz CT molecular complexity index is 508. The fraction of sp³-hybridized carbons (Fsp3) is 0.778. The molecule has 0 radical (unpaired) electrons. The van der Waals surface area contributed by atoms with E-state index in [1.807, 2.05) is 4.90 Å². The smallest absolute Gasteiger partial charge is 0.257 e. The van der Waals surface area contributed by atoms with Crippen LogP contribution in [0.15, 0.2) is 12.4 Å². The van der Waals surface area contributed by atoms with Crippen LogP contribution >= 0.6 is 0 Å². The van der Waals surface area contributed by atoms with Crippen molar-refractivity contribution in [1.82, 2.24) is 20.0 Å². The summed E-state index contributed by atoms with van der Waals surface area (Å²) in [6.07, 6.45) is 7.86. The zero-order valence-corrected chi connectivity index (χ0v) is 15.2. The number of nitrogens with zero attached hydrogens (tertiary/aromatic N) is 3. The molecule has 3 rings (SSSR count). The molecule has 1 N–H and O–H groups in total. The predicted octanol–water partition coefficient (Wildman–Crippen LogP) is 1.39. The molecule has 25 heavy (non-hydrogen) atoms. The van der Waals surface area contributed by atoms with Crippen molar-refractivity contribution in [2.24, 2.45) is 5.92 Å². The number of ether oxygens (including phenoxy) is 2. The van der Waals surface area contributed by atoms with Gasteiger partial charge in [-0.2, -0.15) is 5.10 Å². The molecule has 2 aliphatic heterocycles. The van der Waals surface area contributed by atoms with Crippen LogP contribution in [0, 0.1) is 5.92 Å². The molecular formula is C18H30N4O3. The Balaban J connectivity index is 1.55. The highest BCUT2D eigenvalue weighted by Crippen LogP contribution is 2.21. The number of nitrogens with one attached hydrogen (secondary N) is 1. The molecular weight excluding hydrogens is 320 g/mol. The van der Waals surface area contributed by atoms with E-state index in [1.165, 1.54) is 0 Å². The first-order valence-electron chi connectivity index (χ1n) is 9.37. The van der Waals surface area contributed by atoms with Gasteiger partial charge in [-0.15, -0.1) is 0 Å². The lowest BCUT2D eigenvalue weighted by Crippen LogP contribution is -2.44. The van der Waals surface area contributed by atoms with E-state index in [9.17, 15) is 4.79 Å². The third kappa shape index (κ3) is 5.26. The highest BCUT2D eigenvalue weighted by Gasteiger charge is 2.28. The molecule has 2 saturated heterocycles. The van der Waals surface area contributed by atoms with Gasteiger partial charge in [0, 0.05) is 39.5 Å². The van der Waals surface area contributed by atoms with Gasteiger partial charge >= 0.3 is 0 Å². The maximum Gasteiger partial charge on any atom is 0.257 e. The van der Waals surface area contributed by atoms with Crippen LogP contribution in [0.25, 0.3) is 0 Å². The Morgan fingerprint density at radius 1 is 1.40 bits per heavy atom. The first-order chi connectivity index (χ1) is 12.3. The van der Waals surface area contributed by atoms with Crippen LogP contribution in [0.2, 0.25) is 0 Å². The third-order valence-electron chi connectivity index (χ3n) is 5.28. The second-order valence-electron chi connectivity index (χ2n) is 7.11. The van der Waals surface area contributed by atoms with Crippen LogP contribution in [0.4, 0.5) is 0 Å². The van der Waals surface area contributed by atoms with Crippen LogP contribution in [-0.2, 0) is 9.47 Å². The maximum absolute atomic E-state index is 12.9. The van der Waals surface area contributed by atoms with E-state index in [-0.39, 0.29) is 12.0 Å². The molecule has 0 aliphatic carbocycles. The van der Waals surface area contributed by atoms with Gasteiger partial charge in [0.05, 0.1) is 24.5 Å². The average molecular weight is 350 g/mol. The van der Waals surface area contributed by atoms with Crippen LogP contribution < -0.4 is 0 Å². The number of H-pyrrole nitrogens is 1. The summed E-state index contributed by atoms with van der Waals surface area (Å²) in [6, 6.07) is 0. The van der Waals surface area contributed by atoms with Gasteiger partial charge in [0.2, 0.25) is 0 Å². The molecule has 2 aliphatic rings. The molecule has 0 spiro atoms. The van der Waals surface area contributed by atoms with Crippen molar-refractivity contribution in [3.63, 3.8) is 0 Å². The third-order valence-corrected chi connectivity index (χ3v) is 5.28. The molecule has 0 aromatic carbocycles. The zero-order valence-electron chi connectivity index (χ0n) is 15.2. The van der Waals surface area contributed by atoms with Crippen molar-refractivity contribution >= 4 is 5.91 Å². The maximum atomic E-state index is 12.9. The highest BCUT2D eigenvalue weighted by atomic mass is 16.5. The largest absolute Gasteiger partial charge is 0.383 e. The van der Waals surface area contributed by atoms with E-state index >= 15 is 0 Å². The number of methoxy groups -OCH3 is 1. The molecule has 1 aromatic heterocycles. The molecule has 3 heterocycles. The first-order valence-corrected chi connectivity index (χ1v) is 9.37. The lowest BCUT2D eigenvalue weighted by Gasteiger charge is -2.35. The molecule has 1 aromatic rings. The number of amides is 1. The second-order valence-corrected chi connectivity index (χ2v) is 7.11. The monoisotopic (exact) mass is 350 g/mol. The second kappa shape index (κ2) is 9.31. The Kier molecular flexibility index (Phi) is 6.84. The van der Waals surface area contributed by atoms with Crippen molar-refractivity contribution in [2.75, 3.05) is 53.0 Å². The molecule has 140 valence electrons. The molecule has 0 bridgehead atoms. The number of hydrogen-bond acceptors (Lipinski definition) is 5. The summed E-state index contributed by atoms with van der Waals surface area (Å²) in [4.78, 5) is 17.3. The van der Waals surface area contributed by atoms with Gasteiger partial charge in [0.15, 0.2) is 0 Å². The molecule has 7 heteroatoms. The summed E-state index contributed by atoms with van der Waals surface area (Å²) in [5.74, 6) is 0.613. The number of carbonyl (C=O) groups is 1. The number of likely N-dealkylation sites (tertiary alicyclic amines) is 1. The predicted molar refractivity (Wildman–Crippen MR) is 94.5 cm³/mol. The normalized spacial score (nSPS) is 22.4. The molecule has 1 amide bonds. The van der Waals surface area contributed by atoms with Gasteiger partial charge in [-0.05, 0) is 44.7 Å². The first kappa shape index (κ1) is 18.4. The van der Waals surface area contributed by atoms with Crippen molar-refractivity contribution in [3.8, 4) is 0 Å². The van der Waals surface area contributed by atoms with E-state index in [2.05, 4.69) is 15.1 Å². The summed E-state index contributed by atoms with van der Waals surface area (Å²) >= 11 is 0. The minimum atomic E-state index is 0.0612. The van der Waals surface area contributed by atoms with Gasteiger partial charge in [0.25, 0.3) is 5.91 Å². The fourth-order valence-electron chi connectivity index (χ4n) is 3.75. The molecule has 2 fully saturated rings. The van der Waals surface area contributed by atoms with E-state index in [1.54, 1.807) is 19.5 Å². The summed E-state index contributed by atoms with van der Waals surface area (Å²) in [6.45, 7) is 6.27. The van der Waals surface area contributed by atoms with E-state index in [4.69, 9.17) is 9.47 Å². The van der Waals surface area contributed by atoms with Crippen molar-refractivity contribution in [1.29, 1.82) is 0 Å². The summed E-state index contributed by atoms with van der Waals surface area (Å²) in [5.41, 5.74) is 0.635. The van der Waals surface area contributed by atoms with E-state index in [0.29, 0.717) is 18.0 Å². The lowest BCUT2D eigenvalue weighted by molar-refractivity contribution is 0.0437. The lowest BCUT2D eigenvalue weighted by atomic mass is 9.95. The Morgan fingerprint density at radius 3 is 2.88 bits per heavy atom. The number of aromatic nitrogens is 2. The SMILES string of the molecule is COCCN1CCC(CN(C[C@@H]2CCCO2)C(=O)c2cn[nH]c2)CC1. The standard InChI is InChI=1S/C18H30N4O3/c1-24-10-8-21-6-4-15(5-7-21)13-22(14-17-3-2-9-25-17)18(23)16-11-19-20-12-16/h11-12,15,17H,2-10,13-14H2,1H3,(H,19,20)/t17-/m0/s1. The molecule has 7 nitrogen and oxygen atoms in total. The van der Waals surface area contributed by atoms with Gasteiger partial charge in [0.1, 0.15) is 0 Å². The van der Waals surface area contributed by atoms with Gasteiger partial charge in [-0.3, -0.25) is 9.89 Å². The number of piperidine rings is 1. The quantitative estimate of drug-likeness (QED) is 0.767.